The van der Waals surface area contributed by atoms with Crippen molar-refractivity contribution in [1.82, 2.24) is 25.5 Å². The third-order valence-corrected chi connectivity index (χ3v) is 5.03. The van der Waals surface area contributed by atoms with Crippen molar-refractivity contribution in [2.45, 2.75) is 32.4 Å². The largest absolute Gasteiger partial charge is 0.415 e. The van der Waals surface area contributed by atoms with E-state index in [9.17, 15) is 5.11 Å². The highest BCUT2D eigenvalue weighted by atomic mass is 16.4. The first-order chi connectivity index (χ1) is 13.7. The molecular formula is C20H28N6O2. The van der Waals surface area contributed by atoms with E-state index < -0.39 is 0 Å². The fourth-order valence-corrected chi connectivity index (χ4v) is 3.51. The summed E-state index contributed by atoms with van der Waals surface area (Å²) in [5, 5.41) is 21.1. The molecule has 0 unspecified atom stereocenters. The second-order valence-corrected chi connectivity index (χ2v) is 6.97. The second-order valence-electron chi connectivity index (χ2n) is 6.97. The van der Waals surface area contributed by atoms with Crippen molar-refractivity contribution in [3.63, 3.8) is 0 Å². The Bertz CT molecular complexity index is 951. The minimum atomic E-state index is 0. The molecule has 4 rings (SSSR count). The van der Waals surface area contributed by atoms with E-state index in [0.717, 1.165) is 43.0 Å². The summed E-state index contributed by atoms with van der Waals surface area (Å²) < 4.78 is 5.90. The van der Waals surface area contributed by atoms with Gasteiger partial charge < -0.3 is 19.7 Å². The highest BCUT2D eigenvalue weighted by Gasteiger charge is 2.26. The summed E-state index contributed by atoms with van der Waals surface area (Å²) in [5.74, 6) is 1.53. The summed E-state index contributed by atoms with van der Waals surface area (Å²) in [6.45, 7) is 3.65. The molecule has 2 aromatic heterocycles. The van der Waals surface area contributed by atoms with Crippen LogP contribution in [0.25, 0.3) is 23.0 Å². The molecule has 8 nitrogen and oxygen atoms in total. The van der Waals surface area contributed by atoms with Crippen molar-refractivity contribution in [2.24, 2.45) is 0 Å². The maximum Gasteiger partial charge on any atom is 0.268 e. The number of aliphatic hydroxyl groups is 1. The van der Waals surface area contributed by atoms with Crippen molar-refractivity contribution < 1.29 is 12.4 Å². The standard InChI is InChI=1S/C20H24N6O2.2H2/c1-13-18(23-17(11-22-13)26-9-3-4-16(26)12-27)20-25-24-19(28-20)15-7-5-14(6-8-15)10-21-2;;/h5-8,11,16,21,27H,3-4,9-10,12H2,1-2H3;2*1H/t16-;;/m1../s1. The molecule has 8 heteroatoms. The molecule has 1 aliphatic heterocycles. The number of aryl methyl sites for hydroxylation is 1. The number of nitrogens with zero attached hydrogens (tertiary/aromatic N) is 5. The minimum Gasteiger partial charge on any atom is -0.415 e. The fourth-order valence-electron chi connectivity index (χ4n) is 3.51. The lowest BCUT2D eigenvalue weighted by Gasteiger charge is -2.24. The third kappa shape index (κ3) is 3.61. The van der Waals surface area contributed by atoms with Gasteiger partial charge in [-0.3, -0.25) is 4.98 Å². The van der Waals surface area contributed by atoms with Gasteiger partial charge in [-0.2, -0.15) is 0 Å². The topological polar surface area (TPSA) is 100 Å². The highest BCUT2D eigenvalue weighted by Crippen LogP contribution is 2.28. The van der Waals surface area contributed by atoms with E-state index in [4.69, 9.17) is 9.40 Å². The van der Waals surface area contributed by atoms with Crippen LogP contribution in [0.2, 0.25) is 0 Å². The van der Waals surface area contributed by atoms with E-state index >= 15 is 0 Å². The lowest BCUT2D eigenvalue weighted by Crippen LogP contribution is -2.32. The molecular weight excluding hydrogens is 356 g/mol. The number of aliphatic hydroxyl groups excluding tert-OH is 1. The van der Waals surface area contributed by atoms with Gasteiger partial charge >= 0.3 is 0 Å². The fraction of sp³-hybridized carbons (Fsp3) is 0.400. The van der Waals surface area contributed by atoms with Crippen LogP contribution in [0.4, 0.5) is 5.82 Å². The van der Waals surface area contributed by atoms with Crippen molar-refractivity contribution in [1.29, 1.82) is 0 Å². The van der Waals surface area contributed by atoms with Crippen LogP contribution in [0.15, 0.2) is 34.9 Å². The van der Waals surface area contributed by atoms with Crippen LogP contribution in [0.5, 0.6) is 0 Å². The molecule has 1 fully saturated rings. The van der Waals surface area contributed by atoms with Crippen LogP contribution in [0.1, 0.15) is 27.0 Å². The van der Waals surface area contributed by atoms with Crippen LogP contribution in [0.3, 0.4) is 0 Å². The first-order valence-corrected chi connectivity index (χ1v) is 9.48. The Morgan fingerprint density at radius 2 is 2.04 bits per heavy atom. The van der Waals surface area contributed by atoms with Gasteiger partial charge in [0.05, 0.1) is 24.5 Å². The van der Waals surface area contributed by atoms with Gasteiger partial charge in [0.1, 0.15) is 5.82 Å². The molecule has 0 saturated carbocycles. The van der Waals surface area contributed by atoms with Gasteiger partial charge in [-0.05, 0) is 44.5 Å². The van der Waals surface area contributed by atoms with E-state index in [-0.39, 0.29) is 15.5 Å². The van der Waals surface area contributed by atoms with Gasteiger partial charge in [0, 0.05) is 21.5 Å². The molecule has 2 N–H and O–H groups in total. The number of anilines is 1. The molecule has 1 atom stereocenters. The quantitative estimate of drug-likeness (QED) is 0.669. The van der Waals surface area contributed by atoms with E-state index in [1.165, 1.54) is 5.56 Å². The maximum atomic E-state index is 9.59. The Hall–Kier alpha value is -2.84. The normalized spacial score (nSPS) is 16.7. The average molecular weight is 384 g/mol. The first-order valence-electron chi connectivity index (χ1n) is 9.48. The number of nitrogens with one attached hydrogen (secondary N) is 1. The van der Waals surface area contributed by atoms with Crippen molar-refractivity contribution in [3.05, 3.63) is 41.7 Å². The molecule has 0 amide bonds. The number of aromatic nitrogens is 4. The second kappa shape index (κ2) is 8.04. The lowest BCUT2D eigenvalue weighted by molar-refractivity contribution is 0.266. The van der Waals surface area contributed by atoms with Gasteiger partial charge in [-0.25, -0.2) is 4.98 Å². The predicted octanol–water partition coefficient (Wildman–Crippen LogP) is 2.67. The number of rotatable bonds is 6. The number of benzene rings is 1. The monoisotopic (exact) mass is 384 g/mol. The van der Waals surface area contributed by atoms with Crippen LogP contribution in [-0.4, -0.2) is 51.5 Å². The van der Waals surface area contributed by atoms with Crippen LogP contribution >= 0.6 is 0 Å². The summed E-state index contributed by atoms with van der Waals surface area (Å²) >= 11 is 0. The number of hydrogen-bond donors (Lipinski definition) is 2. The molecule has 1 aromatic carbocycles. The summed E-state index contributed by atoms with van der Waals surface area (Å²) in [5.41, 5.74) is 3.35. The number of hydrogen-bond acceptors (Lipinski definition) is 8. The van der Waals surface area contributed by atoms with Crippen molar-refractivity contribution in [3.8, 4) is 23.0 Å². The Kier molecular flexibility index (Phi) is 5.31. The molecule has 1 aliphatic rings. The zero-order chi connectivity index (χ0) is 19.5. The van der Waals surface area contributed by atoms with Gasteiger partial charge in [-0.15, -0.1) is 10.2 Å². The van der Waals surface area contributed by atoms with Gasteiger partial charge in [0.15, 0.2) is 5.69 Å². The zero-order valence-electron chi connectivity index (χ0n) is 16.1. The molecule has 0 bridgehead atoms. The van der Waals surface area contributed by atoms with Gasteiger partial charge in [-0.1, -0.05) is 12.1 Å². The Labute approximate surface area is 166 Å². The van der Waals surface area contributed by atoms with Gasteiger partial charge in [0.25, 0.3) is 5.89 Å². The molecule has 1 saturated heterocycles. The van der Waals surface area contributed by atoms with E-state index in [1.807, 2.05) is 38.2 Å². The Balaban J connectivity index is 0.00000160. The average Bonchev–Trinajstić information content (AvgIpc) is 3.39. The Morgan fingerprint density at radius 3 is 2.79 bits per heavy atom. The molecule has 3 heterocycles. The molecule has 28 heavy (non-hydrogen) atoms. The van der Waals surface area contributed by atoms with Crippen LogP contribution < -0.4 is 10.2 Å². The summed E-state index contributed by atoms with van der Waals surface area (Å²) in [6.07, 6.45) is 3.73. The molecule has 0 radical (unpaired) electrons. The molecule has 150 valence electrons. The molecule has 0 spiro atoms. The van der Waals surface area contributed by atoms with Crippen molar-refractivity contribution >= 4 is 5.82 Å². The van der Waals surface area contributed by atoms with E-state index in [1.54, 1.807) is 6.20 Å². The van der Waals surface area contributed by atoms with Gasteiger partial charge in [0.2, 0.25) is 5.89 Å². The summed E-state index contributed by atoms with van der Waals surface area (Å²) in [6, 6.07) is 8.08. The SMILES string of the molecule is CNCc1ccc(-c2nnc(-c3nc(N4CCC[C@@H]4CO)cnc3C)o2)cc1.[HH].[HH]. The summed E-state index contributed by atoms with van der Waals surface area (Å²) in [7, 11) is 1.92. The maximum absolute atomic E-state index is 9.59. The molecule has 0 aliphatic carbocycles. The van der Waals surface area contributed by atoms with E-state index in [2.05, 4.69) is 25.4 Å². The van der Waals surface area contributed by atoms with Crippen LogP contribution in [-0.2, 0) is 6.54 Å². The highest BCUT2D eigenvalue weighted by molar-refractivity contribution is 5.58. The van der Waals surface area contributed by atoms with Crippen LogP contribution in [0, 0.1) is 6.92 Å². The van der Waals surface area contributed by atoms with E-state index in [0.29, 0.717) is 17.5 Å². The third-order valence-electron chi connectivity index (χ3n) is 5.03. The zero-order valence-corrected chi connectivity index (χ0v) is 16.1. The molecule has 3 aromatic rings. The smallest absolute Gasteiger partial charge is 0.268 e. The minimum absolute atomic E-state index is 0. The summed E-state index contributed by atoms with van der Waals surface area (Å²) in [4.78, 5) is 11.3. The first kappa shape index (κ1) is 18.5. The Morgan fingerprint density at radius 1 is 1.25 bits per heavy atom. The lowest BCUT2D eigenvalue weighted by atomic mass is 10.1. The predicted molar refractivity (Wildman–Crippen MR) is 110 cm³/mol. The van der Waals surface area contributed by atoms with Crippen molar-refractivity contribution in [2.75, 3.05) is 25.1 Å².